The fourth-order valence-electron chi connectivity index (χ4n) is 2.36. The van der Waals surface area contributed by atoms with E-state index in [0.29, 0.717) is 24.1 Å². The van der Waals surface area contributed by atoms with Crippen molar-refractivity contribution >= 4 is 0 Å². The average Bonchev–Trinajstić information content (AvgIpc) is 2.63. The molecule has 2 rings (SSSR count). The predicted octanol–water partition coefficient (Wildman–Crippen LogP) is -0.0122. The first kappa shape index (κ1) is 11.3. The third-order valence-corrected chi connectivity index (χ3v) is 3.67. The zero-order valence-electron chi connectivity index (χ0n) is 9.66. The number of likely N-dealkylation sites (N-methyl/N-ethyl adjacent to an activating group) is 1. The van der Waals surface area contributed by atoms with Gasteiger partial charge in [0.15, 0.2) is 0 Å². The van der Waals surface area contributed by atoms with E-state index in [9.17, 15) is 0 Å². The molecule has 2 fully saturated rings. The van der Waals surface area contributed by atoms with E-state index < -0.39 is 0 Å². The van der Waals surface area contributed by atoms with Crippen molar-refractivity contribution in [1.82, 2.24) is 10.6 Å². The Morgan fingerprint density at radius 1 is 1.33 bits per heavy atom. The summed E-state index contributed by atoms with van der Waals surface area (Å²) >= 11 is 0. The Hall–Kier alpha value is -0.160. The summed E-state index contributed by atoms with van der Waals surface area (Å²) in [5, 5.41) is 6.89. The van der Waals surface area contributed by atoms with Crippen molar-refractivity contribution in [2.45, 2.75) is 31.0 Å². The van der Waals surface area contributed by atoms with E-state index in [1.54, 1.807) is 7.11 Å². The van der Waals surface area contributed by atoms with E-state index in [0.717, 1.165) is 32.6 Å². The first-order chi connectivity index (χ1) is 7.33. The molecule has 0 bridgehead atoms. The number of rotatable bonds is 5. The van der Waals surface area contributed by atoms with E-state index in [-0.39, 0.29) is 0 Å². The van der Waals surface area contributed by atoms with Crippen LogP contribution in [0.15, 0.2) is 0 Å². The van der Waals surface area contributed by atoms with Gasteiger partial charge in [-0.25, -0.2) is 0 Å². The van der Waals surface area contributed by atoms with Crippen molar-refractivity contribution in [1.29, 1.82) is 0 Å². The van der Waals surface area contributed by atoms with Gasteiger partial charge >= 0.3 is 0 Å². The second-order valence-electron chi connectivity index (χ2n) is 4.63. The Morgan fingerprint density at radius 2 is 2.13 bits per heavy atom. The number of nitrogens with one attached hydrogen (secondary N) is 2. The Labute approximate surface area is 91.7 Å². The predicted molar refractivity (Wildman–Crippen MR) is 59.0 cm³/mol. The van der Waals surface area contributed by atoms with Crippen LogP contribution >= 0.6 is 0 Å². The SMILES string of the molecule is CNC1COCC1CNC1CC(OC)C1. The van der Waals surface area contributed by atoms with Gasteiger partial charge in [-0.1, -0.05) is 0 Å². The molecule has 2 N–H and O–H groups in total. The van der Waals surface area contributed by atoms with Gasteiger partial charge < -0.3 is 20.1 Å². The van der Waals surface area contributed by atoms with Crippen LogP contribution in [0.4, 0.5) is 0 Å². The van der Waals surface area contributed by atoms with Crippen molar-refractivity contribution in [2.24, 2.45) is 5.92 Å². The molecular formula is C11H22N2O2. The summed E-state index contributed by atoms with van der Waals surface area (Å²) in [7, 11) is 3.80. The lowest BCUT2D eigenvalue weighted by atomic mass is 9.88. The van der Waals surface area contributed by atoms with E-state index in [1.165, 1.54) is 0 Å². The fraction of sp³-hybridized carbons (Fsp3) is 1.00. The zero-order chi connectivity index (χ0) is 10.7. The molecule has 0 amide bonds. The van der Waals surface area contributed by atoms with Gasteiger partial charge in [0.25, 0.3) is 0 Å². The summed E-state index contributed by atoms with van der Waals surface area (Å²) in [5.41, 5.74) is 0. The molecule has 0 aromatic rings. The molecule has 15 heavy (non-hydrogen) atoms. The molecule has 1 saturated heterocycles. The molecule has 2 unspecified atom stereocenters. The molecule has 2 atom stereocenters. The van der Waals surface area contributed by atoms with Gasteiger partial charge in [-0.3, -0.25) is 0 Å². The first-order valence-electron chi connectivity index (χ1n) is 5.84. The lowest BCUT2D eigenvalue weighted by Gasteiger charge is -2.35. The van der Waals surface area contributed by atoms with Gasteiger partial charge in [-0.2, -0.15) is 0 Å². The van der Waals surface area contributed by atoms with E-state index in [2.05, 4.69) is 10.6 Å². The van der Waals surface area contributed by atoms with Gasteiger partial charge in [0, 0.05) is 31.7 Å². The standard InChI is InChI=1S/C11H22N2O2/c1-12-11-7-15-6-8(11)5-13-9-3-10(4-9)14-2/h8-13H,3-7H2,1-2H3. The van der Waals surface area contributed by atoms with E-state index in [1.807, 2.05) is 7.05 Å². The quantitative estimate of drug-likeness (QED) is 0.675. The second kappa shape index (κ2) is 5.25. The number of ether oxygens (including phenoxy) is 2. The number of hydrogen-bond acceptors (Lipinski definition) is 4. The Balaban J connectivity index is 1.62. The van der Waals surface area contributed by atoms with Crippen LogP contribution in [-0.4, -0.2) is 52.1 Å². The van der Waals surface area contributed by atoms with Gasteiger partial charge in [-0.05, 0) is 19.9 Å². The van der Waals surface area contributed by atoms with Crippen LogP contribution in [0, 0.1) is 5.92 Å². The molecule has 4 heteroatoms. The highest BCUT2D eigenvalue weighted by atomic mass is 16.5. The topological polar surface area (TPSA) is 42.5 Å². The highest BCUT2D eigenvalue weighted by molar-refractivity contribution is 4.88. The highest BCUT2D eigenvalue weighted by Gasteiger charge is 2.31. The van der Waals surface area contributed by atoms with Gasteiger partial charge in [0.1, 0.15) is 0 Å². The van der Waals surface area contributed by atoms with Crippen LogP contribution in [0.3, 0.4) is 0 Å². The molecule has 4 nitrogen and oxygen atoms in total. The van der Waals surface area contributed by atoms with Crippen LogP contribution in [0.5, 0.6) is 0 Å². The average molecular weight is 214 g/mol. The van der Waals surface area contributed by atoms with Crippen molar-refractivity contribution in [3.05, 3.63) is 0 Å². The summed E-state index contributed by atoms with van der Waals surface area (Å²) in [6.07, 6.45) is 2.81. The molecule has 0 aromatic heterocycles. The lowest BCUT2D eigenvalue weighted by Crippen LogP contribution is -2.48. The third kappa shape index (κ3) is 2.69. The molecule has 88 valence electrons. The van der Waals surface area contributed by atoms with Crippen LogP contribution in [0.2, 0.25) is 0 Å². The monoisotopic (exact) mass is 214 g/mol. The number of hydrogen-bond donors (Lipinski definition) is 2. The van der Waals surface area contributed by atoms with Gasteiger partial charge in [-0.15, -0.1) is 0 Å². The summed E-state index contributed by atoms with van der Waals surface area (Å²) in [6, 6.07) is 1.18. The summed E-state index contributed by atoms with van der Waals surface area (Å²) in [4.78, 5) is 0. The Morgan fingerprint density at radius 3 is 2.80 bits per heavy atom. The third-order valence-electron chi connectivity index (χ3n) is 3.67. The highest BCUT2D eigenvalue weighted by Crippen LogP contribution is 2.23. The normalized spacial score (nSPS) is 40.4. The minimum absolute atomic E-state index is 0.488. The van der Waals surface area contributed by atoms with Crippen LogP contribution < -0.4 is 10.6 Å². The molecule has 1 aliphatic carbocycles. The lowest BCUT2D eigenvalue weighted by molar-refractivity contribution is 0.0162. The van der Waals surface area contributed by atoms with Gasteiger partial charge in [0.2, 0.25) is 0 Å². The summed E-state index contributed by atoms with van der Waals surface area (Å²) in [6.45, 7) is 2.81. The van der Waals surface area contributed by atoms with Crippen molar-refractivity contribution in [3.63, 3.8) is 0 Å². The summed E-state index contributed by atoms with van der Waals surface area (Å²) in [5.74, 6) is 0.622. The maximum absolute atomic E-state index is 5.46. The molecular weight excluding hydrogens is 192 g/mol. The molecule has 0 aromatic carbocycles. The Bertz CT molecular complexity index is 195. The molecule has 1 saturated carbocycles. The van der Waals surface area contributed by atoms with Crippen molar-refractivity contribution in [2.75, 3.05) is 33.9 Å². The minimum atomic E-state index is 0.488. The van der Waals surface area contributed by atoms with Gasteiger partial charge in [0.05, 0.1) is 19.3 Å². The molecule has 0 spiro atoms. The maximum atomic E-state index is 5.46. The minimum Gasteiger partial charge on any atom is -0.381 e. The molecule has 1 heterocycles. The fourth-order valence-corrected chi connectivity index (χ4v) is 2.36. The smallest absolute Gasteiger partial charge is 0.0623 e. The van der Waals surface area contributed by atoms with Crippen LogP contribution in [0.25, 0.3) is 0 Å². The molecule has 1 aliphatic heterocycles. The van der Waals surface area contributed by atoms with Crippen molar-refractivity contribution in [3.8, 4) is 0 Å². The first-order valence-corrected chi connectivity index (χ1v) is 5.84. The van der Waals surface area contributed by atoms with Crippen molar-refractivity contribution < 1.29 is 9.47 Å². The van der Waals surface area contributed by atoms with Crippen LogP contribution in [-0.2, 0) is 9.47 Å². The number of methoxy groups -OCH3 is 1. The summed E-state index contributed by atoms with van der Waals surface area (Å²) < 4.78 is 10.7. The van der Waals surface area contributed by atoms with Crippen LogP contribution in [0.1, 0.15) is 12.8 Å². The zero-order valence-corrected chi connectivity index (χ0v) is 9.66. The maximum Gasteiger partial charge on any atom is 0.0623 e. The molecule has 2 aliphatic rings. The largest absolute Gasteiger partial charge is 0.381 e. The molecule has 0 radical (unpaired) electrons. The van der Waals surface area contributed by atoms with E-state index in [4.69, 9.17) is 9.47 Å². The Kier molecular flexibility index (Phi) is 3.97. The van der Waals surface area contributed by atoms with E-state index >= 15 is 0 Å². The second-order valence-corrected chi connectivity index (χ2v) is 4.63.